The smallest absolute Gasteiger partial charge is 0.144 e. The van der Waals surface area contributed by atoms with Crippen LogP contribution in [0.15, 0.2) is 26.9 Å². The van der Waals surface area contributed by atoms with Gasteiger partial charge in [0.25, 0.3) is 0 Å². The fraction of sp³-hybridized carbons (Fsp3) is 0.417. The lowest BCUT2D eigenvalue weighted by atomic mass is 10.4. The standard InChI is InChI=1S/C12H16BrN5S/c1-4-5-14-11-10(13)12(16-7-15-11)19-9-6-8(2)17-18(9)3/h6-7H,4-5H2,1-3H3,(H,14,15,16). The van der Waals surface area contributed by atoms with Gasteiger partial charge in [0.15, 0.2) is 0 Å². The van der Waals surface area contributed by atoms with Crippen molar-refractivity contribution >= 4 is 33.5 Å². The Hall–Kier alpha value is -1.08. The Morgan fingerprint density at radius 3 is 2.84 bits per heavy atom. The summed E-state index contributed by atoms with van der Waals surface area (Å²) in [4.78, 5) is 8.56. The SMILES string of the molecule is CCCNc1ncnc(Sc2cc(C)nn2C)c1Br. The Labute approximate surface area is 125 Å². The topological polar surface area (TPSA) is 55.6 Å². The fourth-order valence-corrected chi connectivity index (χ4v) is 3.05. The van der Waals surface area contributed by atoms with Crippen LogP contribution < -0.4 is 5.32 Å². The number of hydrogen-bond acceptors (Lipinski definition) is 5. The number of aromatic nitrogens is 4. The molecule has 2 aromatic heterocycles. The molecule has 0 spiro atoms. The molecule has 0 bridgehead atoms. The van der Waals surface area contributed by atoms with E-state index < -0.39 is 0 Å². The van der Waals surface area contributed by atoms with Crippen molar-refractivity contribution in [2.24, 2.45) is 7.05 Å². The molecule has 0 aliphatic carbocycles. The number of nitrogens with one attached hydrogen (secondary N) is 1. The third kappa shape index (κ3) is 3.48. The Bertz CT molecular complexity index is 569. The van der Waals surface area contributed by atoms with Gasteiger partial charge in [0.2, 0.25) is 0 Å². The van der Waals surface area contributed by atoms with E-state index in [0.717, 1.165) is 39.0 Å². The van der Waals surface area contributed by atoms with Crippen molar-refractivity contribution in [1.29, 1.82) is 0 Å². The molecule has 102 valence electrons. The Balaban J connectivity index is 2.23. The molecule has 0 saturated heterocycles. The third-order valence-electron chi connectivity index (χ3n) is 2.46. The van der Waals surface area contributed by atoms with Gasteiger partial charge in [-0.05, 0) is 47.1 Å². The molecule has 7 heteroatoms. The maximum Gasteiger partial charge on any atom is 0.144 e. The van der Waals surface area contributed by atoms with Crippen molar-refractivity contribution < 1.29 is 0 Å². The molecule has 1 N–H and O–H groups in total. The van der Waals surface area contributed by atoms with E-state index in [1.807, 2.05) is 24.7 Å². The summed E-state index contributed by atoms with van der Waals surface area (Å²) in [5.74, 6) is 0.832. The van der Waals surface area contributed by atoms with Crippen LogP contribution in [0.2, 0.25) is 0 Å². The summed E-state index contributed by atoms with van der Waals surface area (Å²) < 4.78 is 2.75. The van der Waals surface area contributed by atoms with Gasteiger partial charge in [-0.25, -0.2) is 9.97 Å². The van der Waals surface area contributed by atoms with E-state index in [4.69, 9.17) is 0 Å². The summed E-state index contributed by atoms with van der Waals surface area (Å²) in [7, 11) is 1.93. The van der Waals surface area contributed by atoms with Crippen LogP contribution in [0.25, 0.3) is 0 Å². The number of halogens is 1. The Morgan fingerprint density at radius 1 is 1.42 bits per heavy atom. The van der Waals surface area contributed by atoms with Crippen LogP contribution in [-0.4, -0.2) is 26.3 Å². The van der Waals surface area contributed by atoms with E-state index in [1.165, 1.54) is 0 Å². The normalized spacial score (nSPS) is 10.7. The van der Waals surface area contributed by atoms with Crippen LogP contribution in [0.5, 0.6) is 0 Å². The van der Waals surface area contributed by atoms with E-state index in [1.54, 1.807) is 18.1 Å². The van der Waals surface area contributed by atoms with Crippen LogP contribution in [0.4, 0.5) is 5.82 Å². The maximum absolute atomic E-state index is 4.33. The lowest BCUT2D eigenvalue weighted by Crippen LogP contribution is -2.04. The highest BCUT2D eigenvalue weighted by molar-refractivity contribution is 9.10. The third-order valence-corrected chi connectivity index (χ3v) is 4.57. The monoisotopic (exact) mass is 341 g/mol. The molecule has 2 rings (SSSR count). The Kier molecular flexibility index (Phi) is 4.81. The van der Waals surface area contributed by atoms with Gasteiger partial charge < -0.3 is 5.32 Å². The van der Waals surface area contributed by atoms with Gasteiger partial charge >= 0.3 is 0 Å². The van der Waals surface area contributed by atoms with Crippen LogP contribution in [0.3, 0.4) is 0 Å². The van der Waals surface area contributed by atoms with Gasteiger partial charge in [0.1, 0.15) is 22.2 Å². The van der Waals surface area contributed by atoms with Crippen LogP contribution >= 0.6 is 27.7 Å². The largest absolute Gasteiger partial charge is 0.369 e. The lowest BCUT2D eigenvalue weighted by molar-refractivity contribution is 0.692. The van der Waals surface area contributed by atoms with Crippen LogP contribution in [-0.2, 0) is 7.05 Å². The highest BCUT2D eigenvalue weighted by atomic mass is 79.9. The van der Waals surface area contributed by atoms with Crippen molar-refractivity contribution in [3.05, 3.63) is 22.6 Å². The lowest BCUT2D eigenvalue weighted by Gasteiger charge is -2.09. The molecule has 19 heavy (non-hydrogen) atoms. The van der Waals surface area contributed by atoms with Crippen molar-refractivity contribution in [3.8, 4) is 0 Å². The molecule has 2 heterocycles. The number of nitrogens with zero attached hydrogens (tertiary/aromatic N) is 4. The van der Waals surface area contributed by atoms with Gasteiger partial charge in [-0.3, -0.25) is 4.68 Å². The average Bonchev–Trinajstić information content (AvgIpc) is 2.69. The molecule has 0 amide bonds. The van der Waals surface area contributed by atoms with Crippen LogP contribution in [0, 0.1) is 6.92 Å². The molecule has 0 saturated carbocycles. The van der Waals surface area contributed by atoms with Gasteiger partial charge in [0, 0.05) is 13.6 Å². The average molecular weight is 342 g/mol. The first kappa shape index (κ1) is 14.3. The second kappa shape index (κ2) is 6.38. The van der Waals surface area contributed by atoms with Crippen LogP contribution in [0.1, 0.15) is 19.0 Å². The van der Waals surface area contributed by atoms with Crippen molar-refractivity contribution in [3.63, 3.8) is 0 Å². The van der Waals surface area contributed by atoms with E-state index >= 15 is 0 Å². The maximum atomic E-state index is 4.33. The molecule has 5 nitrogen and oxygen atoms in total. The summed E-state index contributed by atoms with van der Waals surface area (Å²) in [5, 5.41) is 9.55. The second-order valence-electron chi connectivity index (χ2n) is 4.12. The Morgan fingerprint density at radius 2 is 2.21 bits per heavy atom. The predicted molar refractivity (Wildman–Crippen MR) is 80.6 cm³/mol. The molecule has 2 aromatic rings. The highest BCUT2D eigenvalue weighted by Gasteiger charge is 2.12. The first-order valence-electron chi connectivity index (χ1n) is 6.04. The van der Waals surface area contributed by atoms with Gasteiger partial charge in [-0.2, -0.15) is 5.10 Å². The number of rotatable bonds is 5. The van der Waals surface area contributed by atoms with E-state index in [0.29, 0.717) is 0 Å². The summed E-state index contributed by atoms with van der Waals surface area (Å²) in [6, 6.07) is 2.04. The molecule has 0 unspecified atom stereocenters. The first-order chi connectivity index (χ1) is 9.11. The number of anilines is 1. The molecule has 0 aliphatic heterocycles. The molecule has 0 radical (unpaired) electrons. The molecule has 0 aromatic carbocycles. The molecule has 0 fully saturated rings. The zero-order valence-electron chi connectivity index (χ0n) is 11.1. The summed E-state index contributed by atoms with van der Waals surface area (Å²) in [6.45, 7) is 4.99. The molecule has 0 atom stereocenters. The summed E-state index contributed by atoms with van der Waals surface area (Å²) >= 11 is 5.13. The van der Waals surface area contributed by atoms with Gasteiger partial charge in [-0.1, -0.05) is 6.92 Å². The summed E-state index contributed by atoms with van der Waals surface area (Å²) in [6.07, 6.45) is 2.63. The zero-order valence-corrected chi connectivity index (χ0v) is 13.5. The molecular formula is C12H16BrN5S. The highest BCUT2D eigenvalue weighted by Crippen LogP contribution is 2.34. The van der Waals surface area contributed by atoms with Gasteiger partial charge in [0.05, 0.1) is 10.2 Å². The predicted octanol–water partition coefficient (Wildman–Crippen LogP) is 3.25. The van der Waals surface area contributed by atoms with Crippen molar-refractivity contribution in [2.75, 3.05) is 11.9 Å². The number of aryl methyl sites for hydroxylation is 2. The molecular weight excluding hydrogens is 326 g/mol. The van der Waals surface area contributed by atoms with Gasteiger partial charge in [-0.15, -0.1) is 0 Å². The zero-order chi connectivity index (χ0) is 13.8. The minimum atomic E-state index is 0.832. The van der Waals surface area contributed by atoms with E-state index in [9.17, 15) is 0 Å². The van der Waals surface area contributed by atoms with E-state index in [-0.39, 0.29) is 0 Å². The summed E-state index contributed by atoms with van der Waals surface area (Å²) in [5.41, 5.74) is 1.000. The second-order valence-corrected chi connectivity index (χ2v) is 5.92. The quantitative estimate of drug-likeness (QED) is 0.846. The number of hydrogen-bond donors (Lipinski definition) is 1. The van der Waals surface area contributed by atoms with E-state index in [2.05, 4.69) is 43.2 Å². The fourth-order valence-electron chi connectivity index (χ4n) is 1.57. The minimum Gasteiger partial charge on any atom is -0.369 e. The van der Waals surface area contributed by atoms with Crippen molar-refractivity contribution in [1.82, 2.24) is 19.7 Å². The van der Waals surface area contributed by atoms with Crippen molar-refractivity contribution in [2.45, 2.75) is 30.3 Å². The minimum absolute atomic E-state index is 0.832. The molecule has 0 aliphatic rings. The first-order valence-corrected chi connectivity index (χ1v) is 7.65.